The Labute approximate surface area is 121 Å². The van der Waals surface area contributed by atoms with Crippen LogP contribution in [0.3, 0.4) is 0 Å². The summed E-state index contributed by atoms with van der Waals surface area (Å²) in [7, 11) is 1.72. The molecule has 20 heavy (non-hydrogen) atoms. The van der Waals surface area contributed by atoms with Gasteiger partial charge in [0.05, 0.1) is 13.2 Å². The number of ether oxygens (including phenoxy) is 2. The van der Waals surface area contributed by atoms with Crippen LogP contribution in [0.1, 0.15) is 44.1 Å². The highest BCUT2D eigenvalue weighted by atomic mass is 16.5. The summed E-state index contributed by atoms with van der Waals surface area (Å²) in [5.74, 6) is 1.66. The standard InChI is InChI=1S/C17H25NO2/c1-12-9-15(7-8-20-12)18-16-10-14(11-16)13-3-5-17(19-2)6-4-13/h3-6,12,14-16,18H,7-11H2,1-2H3. The molecule has 0 aromatic heterocycles. The summed E-state index contributed by atoms with van der Waals surface area (Å²) in [6.45, 7) is 3.09. The second-order valence-corrected chi connectivity index (χ2v) is 6.21. The van der Waals surface area contributed by atoms with Crippen molar-refractivity contribution in [3.63, 3.8) is 0 Å². The predicted octanol–water partition coefficient (Wildman–Crippen LogP) is 3.10. The molecule has 0 radical (unpaired) electrons. The zero-order valence-corrected chi connectivity index (χ0v) is 12.5. The van der Waals surface area contributed by atoms with Crippen LogP contribution in [0.2, 0.25) is 0 Å². The van der Waals surface area contributed by atoms with E-state index in [1.165, 1.54) is 18.4 Å². The van der Waals surface area contributed by atoms with Gasteiger partial charge in [0.15, 0.2) is 0 Å². The van der Waals surface area contributed by atoms with Crippen molar-refractivity contribution in [1.82, 2.24) is 5.32 Å². The Morgan fingerprint density at radius 3 is 2.50 bits per heavy atom. The third-order valence-corrected chi connectivity index (χ3v) is 4.68. The van der Waals surface area contributed by atoms with E-state index in [1.807, 2.05) is 0 Å². The van der Waals surface area contributed by atoms with Gasteiger partial charge in [-0.05, 0) is 56.2 Å². The van der Waals surface area contributed by atoms with Crippen molar-refractivity contribution in [2.45, 2.75) is 56.7 Å². The van der Waals surface area contributed by atoms with Gasteiger partial charge in [0, 0.05) is 18.7 Å². The van der Waals surface area contributed by atoms with Gasteiger partial charge >= 0.3 is 0 Å². The first kappa shape index (κ1) is 13.9. The van der Waals surface area contributed by atoms with E-state index in [2.05, 4.69) is 36.5 Å². The van der Waals surface area contributed by atoms with Gasteiger partial charge in [-0.25, -0.2) is 0 Å². The van der Waals surface area contributed by atoms with Crippen LogP contribution in [0.5, 0.6) is 5.75 Å². The van der Waals surface area contributed by atoms with Gasteiger partial charge in [-0.3, -0.25) is 0 Å². The number of methoxy groups -OCH3 is 1. The Kier molecular flexibility index (Phi) is 4.27. The molecule has 1 N–H and O–H groups in total. The van der Waals surface area contributed by atoms with E-state index in [9.17, 15) is 0 Å². The molecule has 0 bridgehead atoms. The zero-order valence-electron chi connectivity index (χ0n) is 12.5. The molecule has 3 nitrogen and oxygen atoms in total. The predicted molar refractivity (Wildman–Crippen MR) is 80.3 cm³/mol. The molecule has 1 aliphatic carbocycles. The van der Waals surface area contributed by atoms with Gasteiger partial charge in [0.1, 0.15) is 5.75 Å². The van der Waals surface area contributed by atoms with Crippen LogP contribution >= 0.6 is 0 Å². The van der Waals surface area contributed by atoms with Gasteiger partial charge in [0.2, 0.25) is 0 Å². The first-order chi connectivity index (χ1) is 9.74. The topological polar surface area (TPSA) is 30.5 Å². The lowest BCUT2D eigenvalue weighted by Crippen LogP contribution is -2.48. The average molecular weight is 275 g/mol. The Bertz CT molecular complexity index is 425. The lowest BCUT2D eigenvalue weighted by molar-refractivity contribution is 0.00851. The Hall–Kier alpha value is -1.06. The van der Waals surface area contributed by atoms with Crippen LogP contribution < -0.4 is 10.1 Å². The van der Waals surface area contributed by atoms with E-state index in [1.54, 1.807) is 7.11 Å². The first-order valence-corrected chi connectivity index (χ1v) is 7.76. The first-order valence-electron chi connectivity index (χ1n) is 7.76. The highest BCUT2D eigenvalue weighted by Gasteiger charge is 2.32. The maximum absolute atomic E-state index is 5.60. The number of hydrogen-bond acceptors (Lipinski definition) is 3. The molecule has 2 unspecified atom stereocenters. The van der Waals surface area contributed by atoms with E-state index in [0.29, 0.717) is 18.2 Å². The van der Waals surface area contributed by atoms with Crippen molar-refractivity contribution in [2.24, 2.45) is 0 Å². The Morgan fingerprint density at radius 2 is 1.85 bits per heavy atom. The summed E-state index contributed by atoms with van der Waals surface area (Å²) in [6, 6.07) is 9.89. The molecular weight excluding hydrogens is 250 g/mol. The maximum Gasteiger partial charge on any atom is 0.118 e. The molecule has 0 spiro atoms. The molecule has 1 aromatic carbocycles. The van der Waals surface area contributed by atoms with E-state index in [-0.39, 0.29) is 0 Å². The summed E-state index contributed by atoms with van der Waals surface area (Å²) in [5.41, 5.74) is 1.45. The zero-order chi connectivity index (χ0) is 13.9. The summed E-state index contributed by atoms with van der Waals surface area (Å²) in [5, 5.41) is 3.80. The molecule has 0 amide bonds. The van der Waals surface area contributed by atoms with Crippen molar-refractivity contribution < 1.29 is 9.47 Å². The van der Waals surface area contributed by atoms with Crippen LogP contribution in [0, 0.1) is 0 Å². The summed E-state index contributed by atoms with van der Waals surface area (Å²) >= 11 is 0. The van der Waals surface area contributed by atoms with Gasteiger partial charge in [-0.2, -0.15) is 0 Å². The molecule has 1 saturated carbocycles. The Balaban J connectivity index is 1.46. The second-order valence-electron chi connectivity index (χ2n) is 6.21. The molecule has 110 valence electrons. The summed E-state index contributed by atoms with van der Waals surface area (Å²) < 4.78 is 10.8. The molecule has 1 saturated heterocycles. The normalized spacial score (nSPS) is 33.5. The minimum absolute atomic E-state index is 0.415. The molecule has 1 aromatic rings. The van der Waals surface area contributed by atoms with Crippen LogP contribution in [0.15, 0.2) is 24.3 Å². The van der Waals surface area contributed by atoms with Crippen molar-refractivity contribution >= 4 is 0 Å². The molecule has 1 aliphatic heterocycles. The minimum atomic E-state index is 0.415. The van der Waals surface area contributed by atoms with Crippen molar-refractivity contribution in [3.05, 3.63) is 29.8 Å². The summed E-state index contributed by atoms with van der Waals surface area (Å²) in [4.78, 5) is 0. The van der Waals surface area contributed by atoms with Crippen molar-refractivity contribution in [2.75, 3.05) is 13.7 Å². The quantitative estimate of drug-likeness (QED) is 0.916. The number of hydrogen-bond donors (Lipinski definition) is 1. The van der Waals surface area contributed by atoms with Crippen LogP contribution in [-0.4, -0.2) is 31.9 Å². The third-order valence-electron chi connectivity index (χ3n) is 4.68. The van der Waals surface area contributed by atoms with Crippen LogP contribution in [0.25, 0.3) is 0 Å². The van der Waals surface area contributed by atoms with Gasteiger partial charge in [0.25, 0.3) is 0 Å². The average Bonchev–Trinajstić information content (AvgIpc) is 2.43. The molecule has 1 heterocycles. The van der Waals surface area contributed by atoms with E-state index in [0.717, 1.165) is 31.1 Å². The van der Waals surface area contributed by atoms with Gasteiger partial charge < -0.3 is 14.8 Å². The molecule has 2 aliphatic rings. The fraction of sp³-hybridized carbons (Fsp3) is 0.647. The van der Waals surface area contributed by atoms with E-state index in [4.69, 9.17) is 9.47 Å². The van der Waals surface area contributed by atoms with E-state index >= 15 is 0 Å². The number of nitrogens with one attached hydrogen (secondary N) is 1. The molecular formula is C17H25NO2. The lowest BCUT2D eigenvalue weighted by atomic mass is 9.75. The lowest BCUT2D eigenvalue weighted by Gasteiger charge is -2.40. The van der Waals surface area contributed by atoms with Crippen LogP contribution in [-0.2, 0) is 4.74 Å². The molecule has 2 fully saturated rings. The second kappa shape index (κ2) is 6.15. The van der Waals surface area contributed by atoms with E-state index < -0.39 is 0 Å². The number of rotatable bonds is 4. The molecule has 3 heteroatoms. The van der Waals surface area contributed by atoms with Crippen LogP contribution in [0.4, 0.5) is 0 Å². The highest BCUT2D eigenvalue weighted by molar-refractivity contribution is 5.30. The van der Waals surface area contributed by atoms with Crippen molar-refractivity contribution in [1.29, 1.82) is 0 Å². The Morgan fingerprint density at radius 1 is 1.10 bits per heavy atom. The van der Waals surface area contributed by atoms with Gasteiger partial charge in [-0.1, -0.05) is 12.1 Å². The molecule has 2 atom stereocenters. The third kappa shape index (κ3) is 3.15. The maximum atomic E-state index is 5.60. The van der Waals surface area contributed by atoms with Crippen molar-refractivity contribution in [3.8, 4) is 5.75 Å². The smallest absolute Gasteiger partial charge is 0.118 e. The monoisotopic (exact) mass is 275 g/mol. The van der Waals surface area contributed by atoms with Gasteiger partial charge in [-0.15, -0.1) is 0 Å². The fourth-order valence-electron chi connectivity index (χ4n) is 3.38. The molecule has 3 rings (SSSR count). The largest absolute Gasteiger partial charge is 0.497 e. The SMILES string of the molecule is COc1ccc(C2CC(NC3CCOC(C)C3)C2)cc1. The summed E-state index contributed by atoms with van der Waals surface area (Å²) in [6.07, 6.45) is 5.26. The number of benzene rings is 1. The fourth-order valence-corrected chi connectivity index (χ4v) is 3.38. The highest BCUT2D eigenvalue weighted by Crippen LogP contribution is 2.38. The minimum Gasteiger partial charge on any atom is -0.497 e.